The van der Waals surface area contributed by atoms with E-state index in [2.05, 4.69) is 21.1 Å². The molecule has 0 fully saturated rings. The van der Waals surface area contributed by atoms with E-state index in [0.29, 0.717) is 18.5 Å². The number of carbonyl (C=O) groups excluding carboxylic acids is 1. The summed E-state index contributed by atoms with van der Waals surface area (Å²) in [6, 6.07) is 7.15. The SMILES string of the molecule is CN(CC/C(N)=N/O)C(=O)c1cccc(Br)c1. The molecule has 17 heavy (non-hydrogen) atoms. The van der Waals surface area contributed by atoms with Gasteiger partial charge in [0, 0.05) is 30.0 Å². The summed E-state index contributed by atoms with van der Waals surface area (Å²) < 4.78 is 0.855. The van der Waals surface area contributed by atoms with Crippen molar-refractivity contribution in [2.45, 2.75) is 6.42 Å². The van der Waals surface area contributed by atoms with Crippen LogP contribution in [-0.2, 0) is 0 Å². The molecular weight excluding hydrogens is 286 g/mol. The maximum atomic E-state index is 12.0. The Morgan fingerprint density at radius 2 is 2.29 bits per heavy atom. The molecule has 0 unspecified atom stereocenters. The molecule has 0 saturated carbocycles. The van der Waals surface area contributed by atoms with Crippen molar-refractivity contribution in [2.24, 2.45) is 10.9 Å². The second kappa shape index (κ2) is 6.24. The van der Waals surface area contributed by atoms with Crippen molar-refractivity contribution in [3.05, 3.63) is 34.3 Å². The normalized spacial score (nSPS) is 11.3. The van der Waals surface area contributed by atoms with Gasteiger partial charge in [-0.15, -0.1) is 0 Å². The molecule has 0 saturated heterocycles. The Bertz CT molecular complexity index is 434. The number of amides is 1. The third-order valence-corrected chi connectivity index (χ3v) is 2.74. The lowest BCUT2D eigenvalue weighted by Gasteiger charge is -2.16. The summed E-state index contributed by atoms with van der Waals surface area (Å²) in [5.74, 6) is 0.0101. The van der Waals surface area contributed by atoms with Crippen molar-refractivity contribution in [2.75, 3.05) is 13.6 Å². The van der Waals surface area contributed by atoms with E-state index in [1.807, 2.05) is 6.07 Å². The summed E-state index contributed by atoms with van der Waals surface area (Å²) in [5, 5.41) is 11.2. The highest BCUT2D eigenvalue weighted by atomic mass is 79.9. The second-order valence-electron chi connectivity index (χ2n) is 3.58. The number of oxime groups is 1. The van der Waals surface area contributed by atoms with Gasteiger partial charge < -0.3 is 15.8 Å². The van der Waals surface area contributed by atoms with Gasteiger partial charge in [-0.2, -0.15) is 0 Å². The third kappa shape index (κ3) is 4.07. The molecule has 0 radical (unpaired) electrons. The number of hydrogen-bond acceptors (Lipinski definition) is 3. The summed E-state index contributed by atoms with van der Waals surface area (Å²) >= 11 is 3.31. The molecule has 1 aromatic carbocycles. The fourth-order valence-corrected chi connectivity index (χ4v) is 1.67. The van der Waals surface area contributed by atoms with Crippen LogP contribution in [0.2, 0.25) is 0 Å². The molecule has 0 atom stereocenters. The first-order valence-electron chi connectivity index (χ1n) is 5.02. The van der Waals surface area contributed by atoms with Gasteiger partial charge in [0.05, 0.1) is 0 Å². The average molecular weight is 300 g/mol. The molecule has 1 amide bonds. The molecule has 0 heterocycles. The molecule has 1 rings (SSSR count). The Hall–Kier alpha value is -1.56. The minimum absolute atomic E-state index is 0.1000. The Labute approximate surface area is 108 Å². The molecule has 3 N–H and O–H groups in total. The second-order valence-corrected chi connectivity index (χ2v) is 4.49. The molecule has 0 bridgehead atoms. The largest absolute Gasteiger partial charge is 0.409 e. The third-order valence-electron chi connectivity index (χ3n) is 2.25. The van der Waals surface area contributed by atoms with E-state index < -0.39 is 0 Å². The van der Waals surface area contributed by atoms with Crippen LogP contribution >= 0.6 is 15.9 Å². The van der Waals surface area contributed by atoms with Crippen LogP contribution in [-0.4, -0.2) is 35.4 Å². The van der Waals surface area contributed by atoms with Crippen LogP contribution in [0.3, 0.4) is 0 Å². The topological polar surface area (TPSA) is 78.9 Å². The zero-order valence-electron chi connectivity index (χ0n) is 9.43. The van der Waals surface area contributed by atoms with Gasteiger partial charge in [-0.25, -0.2) is 0 Å². The first-order valence-corrected chi connectivity index (χ1v) is 5.81. The van der Waals surface area contributed by atoms with Crippen LogP contribution in [0, 0.1) is 0 Å². The standard InChI is InChI=1S/C11H14BrN3O2/c1-15(6-5-10(13)14-17)11(16)8-3-2-4-9(12)7-8/h2-4,7,17H,5-6H2,1H3,(H2,13,14). The Balaban J connectivity index is 2.64. The number of nitrogens with two attached hydrogens (primary N) is 1. The van der Waals surface area contributed by atoms with Crippen molar-refractivity contribution >= 4 is 27.7 Å². The fourth-order valence-electron chi connectivity index (χ4n) is 1.28. The molecule has 0 aromatic heterocycles. The van der Waals surface area contributed by atoms with Gasteiger partial charge in [0.25, 0.3) is 5.91 Å². The molecule has 0 spiro atoms. The van der Waals surface area contributed by atoms with Gasteiger partial charge in [0.1, 0.15) is 5.84 Å². The van der Waals surface area contributed by atoms with E-state index in [1.54, 1.807) is 25.2 Å². The summed E-state index contributed by atoms with van der Waals surface area (Å²) in [4.78, 5) is 13.5. The van der Waals surface area contributed by atoms with E-state index in [1.165, 1.54) is 4.90 Å². The molecule has 0 aliphatic carbocycles. The van der Waals surface area contributed by atoms with Crippen molar-refractivity contribution in [3.8, 4) is 0 Å². The van der Waals surface area contributed by atoms with E-state index in [9.17, 15) is 4.79 Å². The van der Waals surface area contributed by atoms with Crippen LogP contribution in [0.25, 0.3) is 0 Å². The van der Waals surface area contributed by atoms with Crippen molar-refractivity contribution in [1.82, 2.24) is 4.90 Å². The Morgan fingerprint density at radius 3 is 2.88 bits per heavy atom. The predicted molar refractivity (Wildman–Crippen MR) is 69.1 cm³/mol. The quantitative estimate of drug-likeness (QED) is 0.384. The van der Waals surface area contributed by atoms with Gasteiger partial charge in [-0.05, 0) is 18.2 Å². The number of hydrogen-bond donors (Lipinski definition) is 2. The summed E-state index contributed by atoms with van der Waals surface area (Å²) in [6.45, 7) is 0.404. The van der Waals surface area contributed by atoms with Crippen LogP contribution in [0.15, 0.2) is 33.9 Å². The number of rotatable bonds is 4. The van der Waals surface area contributed by atoms with Crippen LogP contribution in [0.5, 0.6) is 0 Å². The monoisotopic (exact) mass is 299 g/mol. The minimum atomic E-state index is -0.1000. The van der Waals surface area contributed by atoms with Crippen molar-refractivity contribution in [3.63, 3.8) is 0 Å². The maximum absolute atomic E-state index is 12.0. The lowest BCUT2D eigenvalue weighted by molar-refractivity contribution is 0.0798. The van der Waals surface area contributed by atoms with Gasteiger partial charge in [-0.1, -0.05) is 27.2 Å². The van der Waals surface area contributed by atoms with Gasteiger partial charge >= 0.3 is 0 Å². The molecule has 92 valence electrons. The lowest BCUT2D eigenvalue weighted by atomic mass is 10.2. The maximum Gasteiger partial charge on any atom is 0.253 e. The highest BCUT2D eigenvalue weighted by molar-refractivity contribution is 9.10. The van der Waals surface area contributed by atoms with Crippen LogP contribution in [0.1, 0.15) is 16.8 Å². The zero-order chi connectivity index (χ0) is 12.8. The summed E-state index contributed by atoms with van der Waals surface area (Å²) in [7, 11) is 1.67. The molecular formula is C11H14BrN3O2. The smallest absolute Gasteiger partial charge is 0.253 e. The van der Waals surface area contributed by atoms with E-state index in [4.69, 9.17) is 10.9 Å². The van der Waals surface area contributed by atoms with E-state index >= 15 is 0 Å². The summed E-state index contributed by atoms with van der Waals surface area (Å²) in [6.07, 6.45) is 0.340. The van der Waals surface area contributed by atoms with Gasteiger partial charge in [0.15, 0.2) is 0 Å². The molecule has 6 heteroatoms. The molecule has 0 aliphatic heterocycles. The highest BCUT2D eigenvalue weighted by Crippen LogP contribution is 2.13. The van der Waals surface area contributed by atoms with Gasteiger partial charge in [0.2, 0.25) is 0 Å². The zero-order valence-corrected chi connectivity index (χ0v) is 11.0. The minimum Gasteiger partial charge on any atom is -0.409 e. The predicted octanol–water partition coefficient (Wildman–Crippen LogP) is 1.66. The first kappa shape index (κ1) is 13.5. The highest BCUT2D eigenvalue weighted by Gasteiger charge is 2.11. The van der Waals surface area contributed by atoms with E-state index in [-0.39, 0.29) is 11.7 Å². The van der Waals surface area contributed by atoms with Gasteiger partial charge in [-0.3, -0.25) is 4.79 Å². The van der Waals surface area contributed by atoms with E-state index in [0.717, 1.165) is 4.47 Å². The van der Waals surface area contributed by atoms with Crippen LogP contribution < -0.4 is 5.73 Å². The Morgan fingerprint density at radius 1 is 1.59 bits per heavy atom. The summed E-state index contributed by atoms with van der Waals surface area (Å²) in [5.41, 5.74) is 5.94. The molecule has 1 aromatic rings. The number of amidine groups is 1. The molecule has 5 nitrogen and oxygen atoms in total. The Kier molecular flexibility index (Phi) is 4.96. The number of nitrogens with zero attached hydrogens (tertiary/aromatic N) is 2. The number of benzene rings is 1. The fraction of sp³-hybridized carbons (Fsp3) is 0.273. The average Bonchev–Trinajstić information content (AvgIpc) is 2.34. The molecule has 0 aliphatic rings. The lowest BCUT2D eigenvalue weighted by Crippen LogP contribution is -2.30. The number of carbonyl (C=O) groups is 1. The first-order chi connectivity index (χ1) is 8.04. The number of halogens is 1. The van der Waals surface area contributed by atoms with Crippen LogP contribution in [0.4, 0.5) is 0 Å². The van der Waals surface area contributed by atoms with Crippen molar-refractivity contribution < 1.29 is 10.0 Å². The van der Waals surface area contributed by atoms with Crippen molar-refractivity contribution in [1.29, 1.82) is 0 Å².